The number of nitrogens with zero attached hydrogens (tertiary/aromatic N) is 4. The summed E-state index contributed by atoms with van der Waals surface area (Å²) in [6.07, 6.45) is 0. The number of benzene rings is 2. The first-order chi connectivity index (χ1) is 14.6. The molecule has 3 aromatic rings. The number of hydrogen-bond donors (Lipinski definition) is 2. The lowest BCUT2D eigenvalue weighted by Crippen LogP contribution is -2.37. The number of hydrogen-bond acceptors (Lipinski definition) is 8. The van der Waals surface area contributed by atoms with Crippen LogP contribution in [0.15, 0.2) is 42.5 Å². The Morgan fingerprint density at radius 3 is 2.03 bits per heavy atom. The molecule has 8 nitrogen and oxygen atoms in total. The zero-order chi connectivity index (χ0) is 20.9. The lowest BCUT2D eigenvalue weighted by molar-refractivity contribution is 0.122. The summed E-state index contributed by atoms with van der Waals surface area (Å²) in [6, 6.07) is 13.9. The molecule has 2 aromatic carbocycles. The number of ether oxygens (including phenoxy) is 2. The zero-order valence-corrected chi connectivity index (χ0v) is 17.5. The van der Waals surface area contributed by atoms with Gasteiger partial charge in [0.05, 0.1) is 20.3 Å². The van der Waals surface area contributed by atoms with E-state index in [2.05, 4.69) is 62.5 Å². The summed E-state index contributed by atoms with van der Waals surface area (Å²) in [7, 11) is 1.65. The number of nitrogens with one attached hydrogen (secondary N) is 2. The summed E-state index contributed by atoms with van der Waals surface area (Å²) in [5, 5.41) is 6.60. The number of methoxy groups -OCH3 is 1. The molecular weight excluding hydrogens is 380 g/mol. The van der Waals surface area contributed by atoms with Crippen LogP contribution in [-0.2, 0) is 4.74 Å². The molecule has 1 fully saturated rings. The summed E-state index contributed by atoms with van der Waals surface area (Å²) in [6.45, 7) is 6.95. The third-order valence-corrected chi connectivity index (χ3v) is 4.74. The average Bonchev–Trinajstić information content (AvgIpc) is 2.74. The predicted molar refractivity (Wildman–Crippen MR) is 118 cm³/mol. The molecule has 2 heterocycles. The van der Waals surface area contributed by atoms with Crippen LogP contribution in [0, 0.1) is 13.8 Å². The molecule has 1 aliphatic rings. The molecule has 8 heteroatoms. The molecule has 30 heavy (non-hydrogen) atoms. The highest BCUT2D eigenvalue weighted by Gasteiger charge is 2.17. The Labute approximate surface area is 176 Å². The van der Waals surface area contributed by atoms with Crippen molar-refractivity contribution in [3.8, 4) is 5.75 Å². The van der Waals surface area contributed by atoms with Crippen molar-refractivity contribution in [1.29, 1.82) is 0 Å². The molecular formula is C22H26N6O2. The average molecular weight is 406 g/mol. The molecule has 0 bridgehead atoms. The summed E-state index contributed by atoms with van der Waals surface area (Å²) in [5.41, 5.74) is 4.17. The largest absolute Gasteiger partial charge is 0.497 e. The molecule has 0 atom stereocenters. The van der Waals surface area contributed by atoms with Crippen LogP contribution in [0.5, 0.6) is 5.75 Å². The van der Waals surface area contributed by atoms with E-state index in [-0.39, 0.29) is 0 Å². The molecule has 0 saturated carbocycles. The normalized spacial score (nSPS) is 13.8. The SMILES string of the molecule is COc1ccc(Nc2nc(Nc3cc(C)cc(C)c3)nc(N3CCOCC3)n2)cc1. The van der Waals surface area contributed by atoms with E-state index in [9.17, 15) is 0 Å². The van der Waals surface area contributed by atoms with Gasteiger partial charge in [0.15, 0.2) is 0 Å². The second-order valence-electron chi connectivity index (χ2n) is 7.24. The van der Waals surface area contributed by atoms with Gasteiger partial charge in [-0.25, -0.2) is 0 Å². The summed E-state index contributed by atoms with van der Waals surface area (Å²) >= 11 is 0. The Morgan fingerprint density at radius 1 is 0.833 bits per heavy atom. The van der Waals surface area contributed by atoms with Gasteiger partial charge in [-0.3, -0.25) is 0 Å². The molecule has 0 radical (unpaired) electrons. The molecule has 0 aliphatic carbocycles. The Morgan fingerprint density at radius 2 is 1.43 bits per heavy atom. The molecule has 0 unspecified atom stereocenters. The second kappa shape index (κ2) is 8.96. The summed E-state index contributed by atoms with van der Waals surface area (Å²) < 4.78 is 10.7. The van der Waals surface area contributed by atoms with Gasteiger partial charge in [-0.1, -0.05) is 6.07 Å². The fraction of sp³-hybridized carbons (Fsp3) is 0.318. The van der Waals surface area contributed by atoms with E-state index in [0.29, 0.717) is 31.1 Å². The van der Waals surface area contributed by atoms with Gasteiger partial charge >= 0.3 is 0 Å². The van der Waals surface area contributed by atoms with Gasteiger partial charge in [-0.2, -0.15) is 15.0 Å². The van der Waals surface area contributed by atoms with Gasteiger partial charge in [-0.15, -0.1) is 0 Å². The van der Waals surface area contributed by atoms with E-state index >= 15 is 0 Å². The maximum absolute atomic E-state index is 5.47. The van der Waals surface area contributed by atoms with Crippen LogP contribution in [0.4, 0.5) is 29.2 Å². The fourth-order valence-corrected chi connectivity index (χ4v) is 3.36. The highest BCUT2D eigenvalue weighted by molar-refractivity contribution is 5.61. The molecule has 2 N–H and O–H groups in total. The van der Waals surface area contributed by atoms with Crippen molar-refractivity contribution in [2.45, 2.75) is 13.8 Å². The molecule has 0 amide bonds. The Kier molecular flexibility index (Phi) is 5.94. The summed E-state index contributed by atoms with van der Waals surface area (Å²) in [4.78, 5) is 16.0. The minimum atomic E-state index is 0.475. The van der Waals surface area contributed by atoms with Crippen LogP contribution < -0.4 is 20.3 Å². The molecule has 4 rings (SSSR count). The van der Waals surface area contributed by atoms with Crippen LogP contribution in [0.25, 0.3) is 0 Å². The van der Waals surface area contributed by atoms with Gasteiger partial charge in [-0.05, 0) is 61.4 Å². The highest BCUT2D eigenvalue weighted by atomic mass is 16.5. The third kappa shape index (κ3) is 4.96. The van der Waals surface area contributed by atoms with E-state index in [4.69, 9.17) is 9.47 Å². The minimum Gasteiger partial charge on any atom is -0.497 e. The quantitative estimate of drug-likeness (QED) is 0.639. The van der Waals surface area contributed by atoms with Crippen LogP contribution >= 0.6 is 0 Å². The van der Waals surface area contributed by atoms with Crippen molar-refractivity contribution in [2.75, 3.05) is 48.9 Å². The predicted octanol–water partition coefficient (Wildman–Crippen LogP) is 3.82. The minimum absolute atomic E-state index is 0.475. The standard InChI is InChI=1S/C22H26N6O2/c1-15-12-16(2)14-18(13-15)24-21-25-20(23-17-4-6-19(29-3)7-5-17)26-22(27-21)28-8-10-30-11-9-28/h4-7,12-14H,8-11H2,1-3H3,(H2,23,24,25,26,27). The van der Waals surface area contributed by atoms with Crippen molar-refractivity contribution in [3.05, 3.63) is 53.6 Å². The van der Waals surface area contributed by atoms with Crippen LogP contribution in [-0.4, -0.2) is 48.4 Å². The maximum atomic E-state index is 5.47. The maximum Gasteiger partial charge on any atom is 0.233 e. The Bertz CT molecular complexity index is 983. The first kappa shape index (κ1) is 19.9. The Balaban J connectivity index is 1.64. The summed E-state index contributed by atoms with van der Waals surface area (Å²) in [5.74, 6) is 2.38. The monoisotopic (exact) mass is 406 g/mol. The molecule has 1 aliphatic heterocycles. The van der Waals surface area contributed by atoms with Crippen molar-refractivity contribution in [1.82, 2.24) is 15.0 Å². The van der Waals surface area contributed by atoms with E-state index < -0.39 is 0 Å². The van der Waals surface area contributed by atoms with E-state index in [0.717, 1.165) is 30.2 Å². The second-order valence-corrected chi connectivity index (χ2v) is 7.24. The molecule has 1 aromatic heterocycles. The van der Waals surface area contributed by atoms with E-state index in [1.165, 1.54) is 11.1 Å². The number of morpholine rings is 1. The Hall–Kier alpha value is -3.39. The van der Waals surface area contributed by atoms with Crippen LogP contribution in [0.3, 0.4) is 0 Å². The first-order valence-electron chi connectivity index (χ1n) is 9.94. The topological polar surface area (TPSA) is 84.4 Å². The van der Waals surface area contributed by atoms with Gasteiger partial charge in [0, 0.05) is 24.5 Å². The van der Waals surface area contributed by atoms with E-state index in [1.54, 1.807) is 7.11 Å². The lowest BCUT2D eigenvalue weighted by atomic mass is 10.1. The van der Waals surface area contributed by atoms with Gasteiger partial charge in [0.25, 0.3) is 0 Å². The van der Waals surface area contributed by atoms with E-state index in [1.807, 2.05) is 24.3 Å². The third-order valence-electron chi connectivity index (χ3n) is 4.74. The van der Waals surface area contributed by atoms with Gasteiger partial charge < -0.3 is 25.0 Å². The van der Waals surface area contributed by atoms with Gasteiger partial charge in [0.2, 0.25) is 17.8 Å². The van der Waals surface area contributed by atoms with Crippen molar-refractivity contribution in [2.24, 2.45) is 0 Å². The van der Waals surface area contributed by atoms with Crippen molar-refractivity contribution < 1.29 is 9.47 Å². The lowest BCUT2D eigenvalue weighted by Gasteiger charge is -2.27. The molecule has 156 valence electrons. The number of anilines is 5. The molecule has 1 saturated heterocycles. The van der Waals surface area contributed by atoms with Gasteiger partial charge in [0.1, 0.15) is 5.75 Å². The molecule has 0 spiro atoms. The first-order valence-corrected chi connectivity index (χ1v) is 9.94. The van der Waals surface area contributed by atoms with Crippen molar-refractivity contribution >= 4 is 29.2 Å². The van der Waals surface area contributed by atoms with Crippen molar-refractivity contribution in [3.63, 3.8) is 0 Å². The number of aromatic nitrogens is 3. The fourth-order valence-electron chi connectivity index (χ4n) is 3.36. The number of aryl methyl sites for hydroxylation is 2. The van der Waals surface area contributed by atoms with Crippen LogP contribution in [0.2, 0.25) is 0 Å². The smallest absolute Gasteiger partial charge is 0.233 e. The number of rotatable bonds is 6. The highest BCUT2D eigenvalue weighted by Crippen LogP contribution is 2.23. The van der Waals surface area contributed by atoms with Crippen LogP contribution in [0.1, 0.15) is 11.1 Å². The zero-order valence-electron chi connectivity index (χ0n) is 17.5.